The molecular formula is C22H24N2O5. The summed E-state index contributed by atoms with van der Waals surface area (Å²) in [4.78, 5) is 36.6. The van der Waals surface area contributed by atoms with Crippen LogP contribution in [0.3, 0.4) is 0 Å². The van der Waals surface area contributed by atoms with Crippen LogP contribution in [0.4, 0.5) is 5.69 Å². The fourth-order valence-electron chi connectivity index (χ4n) is 3.19. The van der Waals surface area contributed by atoms with Crippen LogP contribution in [0.2, 0.25) is 0 Å². The van der Waals surface area contributed by atoms with E-state index in [9.17, 15) is 19.5 Å². The van der Waals surface area contributed by atoms with Crippen molar-refractivity contribution in [1.82, 2.24) is 5.32 Å². The maximum Gasteiger partial charge on any atom is 0.330 e. The molecule has 3 N–H and O–H groups in total. The van der Waals surface area contributed by atoms with Gasteiger partial charge in [0.25, 0.3) is 11.8 Å². The average Bonchev–Trinajstić information content (AvgIpc) is 3.23. The molecule has 7 heteroatoms. The van der Waals surface area contributed by atoms with E-state index in [1.165, 1.54) is 6.07 Å². The third-order valence-electron chi connectivity index (χ3n) is 5.00. The molecule has 2 unspecified atom stereocenters. The Labute approximate surface area is 169 Å². The van der Waals surface area contributed by atoms with Crippen LogP contribution < -0.4 is 10.6 Å². The maximum atomic E-state index is 12.7. The smallest absolute Gasteiger partial charge is 0.330 e. The number of hydrogen-bond acceptors (Lipinski definition) is 4. The first-order valence-electron chi connectivity index (χ1n) is 9.48. The zero-order chi connectivity index (χ0) is 21.0. The summed E-state index contributed by atoms with van der Waals surface area (Å²) >= 11 is 0. The van der Waals surface area contributed by atoms with Gasteiger partial charge in [0, 0.05) is 17.9 Å². The molecule has 0 aromatic heterocycles. The molecule has 0 saturated carbocycles. The molecule has 2 aromatic rings. The summed E-state index contributed by atoms with van der Waals surface area (Å²) in [5.41, 5.74) is 3.19. The van der Waals surface area contributed by atoms with E-state index in [4.69, 9.17) is 4.74 Å². The minimum Gasteiger partial charge on any atom is -0.479 e. The number of aryl methyl sites for hydroxylation is 2. The molecule has 2 amide bonds. The molecule has 29 heavy (non-hydrogen) atoms. The Morgan fingerprint density at radius 2 is 1.90 bits per heavy atom. The van der Waals surface area contributed by atoms with Gasteiger partial charge in [-0.25, -0.2) is 4.79 Å². The highest BCUT2D eigenvalue weighted by Crippen LogP contribution is 2.20. The van der Waals surface area contributed by atoms with E-state index >= 15 is 0 Å². The van der Waals surface area contributed by atoms with E-state index in [1.807, 2.05) is 19.9 Å². The largest absolute Gasteiger partial charge is 0.479 e. The summed E-state index contributed by atoms with van der Waals surface area (Å²) < 4.78 is 5.35. The predicted molar refractivity (Wildman–Crippen MR) is 108 cm³/mol. The van der Waals surface area contributed by atoms with Crippen LogP contribution in [0.1, 0.15) is 45.9 Å². The third kappa shape index (κ3) is 5.00. The third-order valence-corrected chi connectivity index (χ3v) is 5.00. The first-order valence-corrected chi connectivity index (χ1v) is 9.48. The lowest BCUT2D eigenvalue weighted by molar-refractivity contribution is -0.139. The normalized spacial score (nSPS) is 16.8. The molecule has 0 aliphatic carbocycles. The van der Waals surface area contributed by atoms with Gasteiger partial charge in [-0.2, -0.15) is 0 Å². The van der Waals surface area contributed by atoms with Crippen molar-refractivity contribution in [3.8, 4) is 0 Å². The van der Waals surface area contributed by atoms with E-state index in [0.29, 0.717) is 24.3 Å². The van der Waals surface area contributed by atoms with Crippen molar-refractivity contribution in [2.24, 2.45) is 0 Å². The number of anilines is 1. The molecule has 1 aliphatic heterocycles. The van der Waals surface area contributed by atoms with Crippen LogP contribution >= 0.6 is 0 Å². The van der Waals surface area contributed by atoms with Gasteiger partial charge in [-0.05, 0) is 61.6 Å². The molecule has 0 bridgehead atoms. The lowest BCUT2D eigenvalue weighted by Gasteiger charge is -2.17. The van der Waals surface area contributed by atoms with Crippen molar-refractivity contribution < 1.29 is 24.2 Å². The quantitative estimate of drug-likeness (QED) is 0.696. The van der Waals surface area contributed by atoms with Crippen molar-refractivity contribution in [2.45, 2.75) is 38.8 Å². The summed E-state index contributed by atoms with van der Waals surface area (Å²) in [5.74, 6) is -1.94. The Morgan fingerprint density at radius 1 is 1.10 bits per heavy atom. The second-order valence-corrected chi connectivity index (χ2v) is 7.16. The molecule has 3 rings (SSSR count). The number of amides is 2. The number of carbonyl (C=O) groups is 3. The van der Waals surface area contributed by atoms with E-state index in [-0.39, 0.29) is 11.5 Å². The molecule has 1 fully saturated rings. The number of aliphatic carboxylic acids is 1. The number of carboxylic acid groups (broad SMARTS) is 1. The van der Waals surface area contributed by atoms with Gasteiger partial charge in [-0.3, -0.25) is 9.59 Å². The second-order valence-electron chi connectivity index (χ2n) is 7.16. The highest BCUT2D eigenvalue weighted by Gasteiger charge is 2.25. The molecule has 1 aliphatic rings. The summed E-state index contributed by atoms with van der Waals surface area (Å²) in [7, 11) is 0. The van der Waals surface area contributed by atoms with Crippen molar-refractivity contribution in [3.63, 3.8) is 0 Å². The van der Waals surface area contributed by atoms with Gasteiger partial charge in [0.05, 0.1) is 0 Å². The van der Waals surface area contributed by atoms with Gasteiger partial charge in [-0.15, -0.1) is 0 Å². The maximum absolute atomic E-state index is 12.7. The topological polar surface area (TPSA) is 105 Å². The Kier molecular flexibility index (Phi) is 6.29. The van der Waals surface area contributed by atoms with Crippen molar-refractivity contribution in [1.29, 1.82) is 0 Å². The molecule has 2 atom stereocenters. The fourth-order valence-corrected chi connectivity index (χ4v) is 3.19. The number of carboxylic acids is 1. The van der Waals surface area contributed by atoms with Crippen LogP contribution in [0.15, 0.2) is 42.5 Å². The number of carbonyl (C=O) groups excluding carboxylic acids is 2. The second kappa shape index (κ2) is 8.87. The van der Waals surface area contributed by atoms with Crippen molar-refractivity contribution in [2.75, 3.05) is 11.9 Å². The molecule has 7 nitrogen and oxygen atoms in total. The summed E-state index contributed by atoms with van der Waals surface area (Å²) in [6, 6.07) is 10.5. The first-order chi connectivity index (χ1) is 13.8. The van der Waals surface area contributed by atoms with Gasteiger partial charge in [0.15, 0.2) is 6.04 Å². The molecular weight excluding hydrogens is 372 g/mol. The zero-order valence-corrected chi connectivity index (χ0v) is 16.4. The summed E-state index contributed by atoms with van der Waals surface area (Å²) in [6.07, 6.45) is 1.03. The summed E-state index contributed by atoms with van der Waals surface area (Å²) in [6.45, 7) is 4.39. The minimum atomic E-state index is -1.17. The van der Waals surface area contributed by atoms with Gasteiger partial charge in [0.2, 0.25) is 0 Å². The van der Waals surface area contributed by atoms with Gasteiger partial charge in [0.1, 0.15) is 6.10 Å². The van der Waals surface area contributed by atoms with Crippen LogP contribution in [-0.4, -0.2) is 35.6 Å². The standard InChI is InChI=1S/C22H24N2O5/c1-13-8-9-15(11-14(13)2)19(22(27)28)24-20(25)16-5-3-6-17(12-16)23-21(26)18-7-4-10-29-18/h3,5-6,8-9,11-12,18-19H,4,7,10H2,1-2H3,(H,23,26)(H,24,25)(H,27,28). The number of rotatable bonds is 6. The Morgan fingerprint density at radius 3 is 2.55 bits per heavy atom. The lowest BCUT2D eigenvalue weighted by atomic mass is 10.0. The molecule has 152 valence electrons. The lowest BCUT2D eigenvalue weighted by Crippen LogP contribution is -2.34. The van der Waals surface area contributed by atoms with E-state index in [1.54, 1.807) is 30.3 Å². The van der Waals surface area contributed by atoms with Crippen molar-refractivity contribution in [3.05, 3.63) is 64.7 Å². The zero-order valence-electron chi connectivity index (χ0n) is 16.4. The Bertz CT molecular complexity index is 935. The first kappa shape index (κ1) is 20.5. The molecule has 0 spiro atoms. The summed E-state index contributed by atoms with van der Waals surface area (Å²) in [5, 5.41) is 14.9. The Hall–Kier alpha value is -3.19. The van der Waals surface area contributed by atoms with Gasteiger partial charge >= 0.3 is 5.97 Å². The van der Waals surface area contributed by atoms with Gasteiger partial charge < -0.3 is 20.5 Å². The molecule has 1 saturated heterocycles. The van der Waals surface area contributed by atoms with Crippen LogP contribution in [-0.2, 0) is 14.3 Å². The molecule has 0 radical (unpaired) electrons. The van der Waals surface area contributed by atoms with Crippen LogP contribution in [0, 0.1) is 13.8 Å². The highest BCUT2D eigenvalue weighted by molar-refractivity contribution is 5.99. The molecule has 2 aromatic carbocycles. The average molecular weight is 396 g/mol. The number of ether oxygens (including phenoxy) is 1. The monoisotopic (exact) mass is 396 g/mol. The highest BCUT2D eigenvalue weighted by atomic mass is 16.5. The number of hydrogen-bond donors (Lipinski definition) is 3. The Balaban J connectivity index is 1.73. The van der Waals surface area contributed by atoms with Crippen LogP contribution in [0.25, 0.3) is 0 Å². The van der Waals surface area contributed by atoms with Gasteiger partial charge in [-0.1, -0.05) is 24.3 Å². The van der Waals surface area contributed by atoms with E-state index < -0.39 is 24.0 Å². The van der Waals surface area contributed by atoms with E-state index in [0.717, 1.165) is 17.5 Å². The minimum absolute atomic E-state index is 0.251. The van der Waals surface area contributed by atoms with Crippen molar-refractivity contribution >= 4 is 23.5 Å². The van der Waals surface area contributed by atoms with Crippen LogP contribution in [0.5, 0.6) is 0 Å². The number of nitrogens with one attached hydrogen (secondary N) is 2. The SMILES string of the molecule is Cc1ccc(C(NC(=O)c2cccc(NC(=O)C3CCCO3)c2)C(=O)O)cc1C. The predicted octanol–water partition coefficient (Wildman–Crippen LogP) is 2.98. The fraction of sp³-hybridized carbons (Fsp3) is 0.318. The van der Waals surface area contributed by atoms with E-state index in [2.05, 4.69) is 10.6 Å². The number of benzene rings is 2. The molecule has 1 heterocycles.